The molecule has 0 aliphatic carbocycles. The summed E-state index contributed by atoms with van der Waals surface area (Å²) in [5, 5.41) is 7.05. The smallest absolute Gasteiger partial charge is 0.238 e. The average molecular weight is 345 g/mol. The molecule has 128 valence electrons. The minimum atomic E-state index is -0.0218. The highest BCUT2D eigenvalue weighted by molar-refractivity contribution is 6.30. The molecule has 0 fully saturated rings. The summed E-state index contributed by atoms with van der Waals surface area (Å²) in [6.45, 7) is 6.51. The van der Waals surface area contributed by atoms with Gasteiger partial charge in [0.15, 0.2) is 0 Å². The van der Waals surface area contributed by atoms with Crippen LogP contribution in [0.15, 0.2) is 42.5 Å². The van der Waals surface area contributed by atoms with Gasteiger partial charge in [-0.25, -0.2) is 0 Å². The topological polar surface area (TPSA) is 41.1 Å². The van der Waals surface area contributed by atoms with E-state index in [0.717, 1.165) is 24.1 Å². The van der Waals surface area contributed by atoms with Crippen LogP contribution in [-0.4, -0.2) is 12.5 Å². The van der Waals surface area contributed by atoms with Gasteiger partial charge in [-0.15, -0.1) is 0 Å². The number of halogens is 1. The molecule has 0 spiro atoms. The number of nitrogens with one attached hydrogen (secondary N) is 2. The summed E-state index contributed by atoms with van der Waals surface area (Å²) in [5.41, 5.74) is 4.42. The molecule has 0 heterocycles. The quantitative estimate of drug-likeness (QED) is 0.760. The molecular formula is C20H25ClN2O. The second-order valence-electron chi connectivity index (χ2n) is 5.86. The second-order valence-corrected chi connectivity index (χ2v) is 6.30. The highest BCUT2D eigenvalue weighted by Crippen LogP contribution is 2.22. The number of rotatable bonds is 7. The van der Waals surface area contributed by atoms with Crippen LogP contribution in [0.3, 0.4) is 0 Å². The first-order valence-corrected chi connectivity index (χ1v) is 8.82. The van der Waals surface area contributed by atoms with E-state index >= 15 is 0 Å². The van der Waals surface area contributed by atoms with E-state index in [0.29, 0.717) is 5.02 Å². The fraction of sp³-hybridized carbons (Fsp3) is 0.350. The first-order valence-electron chi connectivity index (χ1n) is 8.44. The Bertz CT molecular complexity index is 660. The Hall–Kier alpha value is -1.84. The van der Waals surface area contributed by atoms with Crippen molar-refractivity contribution in [3.05, 3.63) is 64.2 Å². The number of hydrogen-bond acceptors (Lipinski definition) is 2. The molecule has 0 bridgehead atoms. The third-order valence-electron chi connectivity index (χ3n) is 4.20. The van der Waals surface area contributed by atoms with Gasteiger partial charge in [0.1, 0.15) is 0 Å². The normalized spacial score (nSPS) is 12.0. The van der Waals surface area contributed by atoms with Crippen molar-refractivity contribution < 1.29 is 4.79 Å². The monoisotopic (exact) mass is 344 g/mol. The van der Waals surface area contributed by atoms with Crippen molar-refractivity contribution in [3.63, 3.8) is 0 Å². The third kappa shape index (κ3) is 4.83. The lowest BCUT2D eigenvalue weighted by Gasteiger charge is -2.17. The number of hydrogen-bond donors (Lipinski definition) is 2. The first kappa shape index (κ1) is 18.5. The second kappa shape index (κ2) is 8.86. The number of amides is 1. The third-order valence-corrected chi connectivity index (χ3v) is 4.45. The van der Waals surface area contributed by atoms with E-state index in [1.54, 1.807) is 0 Å². The molecule has 2 N–H and O–H groups in total. The zero-order chi connectivity index (χ0) is 17.5. The van der Waals surface area contributed by atoms with Crippen LogP contribution in [0.25, 0.3) is 0 Å². The highest BCUT2D eigenvalue weighted by atomic mass is 35.5. The van der Waals surface area contributed by atoms with E-state index in [-0.39, 0.29) is 18.5 Å². The first-order chi connectivity index (χ1) is 11.5. The number of para-hydroxylation sites is 1. The van der Waals surface area contributed by atoms with Gasteiger partial charge in [0.25, 0.3) is 0 Å². The Balaban J connectivity index is 1.97. The minimum absolute atomic E-state index is 0.0218. The van der Waals surface area contributed by atoms with Crippen molar-refractivity contribution >= 4 is 23.2 Å². The lowest BCUT2D eigenvalue weighted by molar-refractivity contribution is -0.115. The van der Waals surface area contributed by atoms with Crippen molar-refractivity contribution in [2.24, 2.45) is 0 Å². The molecule has 0 aromatic heterocycles. The zero-order valence-corrected chi connectivity index (χ0v) is 15.3. The summed E-state index contributed by atoms with van der Waals surface area (Å²) >= 11 is 5.91. The number of benzene rings is 2. The molecule has 2 aromatic carbocycles. The molecule has 1 amide bonds. The Kier molecular flexibility index (Phi) is 6.83. The molecule has 4 heteroatoms. The van der Waals surface area contributed by atoms with Gasteiger partial charge in [-0.05, 0) is 48.6 Å². The fourth-order valence-corrected chi connectivity index (χ4v) is 2.83. The summed E-state index contributed by atoms with van der Waals surface area (Å²) in [4.78, 5) is 12.3. The zero-order valence-electron chi connectivity index (χ0n) is 14.5. The fourth-order valence-electron chi connectivity index (χ4n) is 2.70. The number of anilines is 1. The predicted molar refractivity (Wildman–Crippen MR) is 102 cm³/mol. The molecule has 0 aliphatic heterocycles. The van der Waals surface area contributed by atoms with Crippen LogP contribution in [0.1, 0.15) is 43.5 Å². The van der Waals surface area contributed by atoms with E-state index in [1.165, 1.54) is 11.1 Å². The minimum Gasteiger partial charge on any atom is -0.324 e. The summed E-state index contributed by atoms with van der Waals surface area (Å²) in [6, 6.07) is 13.9. The summed E-state index contributed by atoms with van der Waals surface area (Å²) in [5.74, 6) is -0.0218. The van der Waals surface area contributed by atoms with Gasteiger partial charge in [-0.2, -0.15) is 0 Å². The molecule has 2 rings (SSSR count). The predicted octanol–water partition coefficient (Wildman–Crippen LogP) is 4.75. The van der Waals surface area contributed by atoms with Gasteiger partial charge in [0.05, 0.1) is 6.54 Å². The van der Waals surface area contributed by atoms with Crippen LogP contribution in [0, 0.1) is 0 Å². The molecule has 2 aromatic rings. The Morgan fingerprint density at radius 1 is 1.04 bits per heavy atom. The summed E-state index contributed by atoms with van der Waals surface area (Å²) in [6.07, 6.45) is 1.80. The molecule has 0 radical (unpaired) electrons. The maximum atomic E-state index is 12.3. The highest BCUT2D eigenvalue weighted by Gasteiger charge is 2.11. The van der Waals surface area contributed by atoms with E-state index in [2.05, 4.69) is 36.6 Å². The molecule has 3 nitrogen and oxygen atoms in total. The van der Waals surface area contributed by atoms with E-state index in [1.807, 2.05) is 37.3 Å². The van der Waals surface area contributed by atoms with Crippen LogP contribution in [0.4, 0.5) is 5.69 Å². The van der Waals surface area contributed by atoms with Crippen LogP contribution < -0.4 is 10.6 Å². The molecule has 1 atom stereocenters. The summed E-state index contributed by atoms with van der Waals surface area (Å²) < 4.78 is 0. The van der Waals surface area contributed by atoms with Gasteiger partial charge in [0, 0.05) is 16.8 Å². The lowest BCUT2D eigenvalue weighted by atomic mass is 10.0. The van der Waals surface area contributed by atoms with E-state index < -0.39 is 0 Å². The largest absolute Gasteiger partial charge is 0.324 e. The van der Waals surface area contributed by atoms with Crippen molar-refractivity contribution in [1.29, 1.82) is 0 Å². The van der Waals surface area contributed by atoms with Gasteiger partial charge in [-0.3, -0.25) is 4.79 Å². The Morgan fingerprint density at radius 3 is 2.17 bits per heavy atom. The number of carbonyl (C=O) groups is 1. The lowest BCUT2D eigenvalue weighted by Crippen LogP contribution is -2.30. The average Bonchev–Trinajstić information content (AvgIpc) is 2.60. The van der Waals surface area contributed by atoms with Crippen molar-refractivity contribution in [2.45, 2.75) is 39.7 Å². The molecule has 0 saturated heterocycles. The standard InChI is InChI=1S/C20H25ClN2O/c1-4-15-7-6-8-16(5-2)20(15)23-19(24)13-22-14(3)17-9-11-18(21)12-10-17/h6-12,14,22H,4-5,13H2,1-3H3,(H,23,24)/t14-/m1/s1. The van der Waals surface area contributed by atoms with Gasteiger partial charge < -0.3 is 10.6 Å². The van der Waals surface area contributed by atoms with Gasteiger partial charge >= 0.3 is 0 Å². The van der Waals surface area contributed by atoms with Gasteiger partial charge in [-0.1, -0.05) is 55.8 Å². The van der Waals surface area contributed by atoms with Crippen LogP contribution in [-0.2, 0) is 17.6 Å². The molecule has 0 aliphatic rings. The molecule has 0 saturated carbocycles. The Labute approximate surface area is 149 Å². The van der Waals surface area contributed by atoms with Crippen molar-refractivity contribution in [1.82, 2.24) is 5.32 Å². The number of carbonyl (C=O) groups excluding carboxylic acids is 1. The van der Waals surface area contributed by atoms with Crippen LogP contribution >= 0.6 is 11.6 Å². The maximum Gasteiger partial charge on any atom is 0.238 e. The molecule has 24 heavy (non-hydrogen) atoms. The van der Waals surface area contributed by atoms with Crippen LogP contribution in [0.5, 0.6) is 0 Å². The van der Waals surface area contributed by atoms with Crippen molar-refractivity contribution in [2.75, 3.05) is 11.9 Å². The molecular weight excluding hydrogens is 320 g/mol. The number of aryl methyl sites for hydroxylation is 2. The maximum absolute atomic E-state index is 12.3. The van der Waals surface area contributed by atoms with Crippen molar-refractivity contribution in [3.8, 4) is 0 Å². The van der Waals surface area contributed by atoms with E-state index in [9.17, 15) is 4.79 Å². The Morgan fingerprint density at radius 2 is 1.62 bits per heavy atom. The van der Waals surface area contributed by atoms with Gasteiger partial charge in [0.2, 0.25) is 5.91 Å². The molecule has 0 unspecified atom stereocenters. The van der Waals surface area contributed by atoms with Crippen LogP contribution in [0.2, 0.25) is 5.02 Å². The SMILES string of the molecule is CCc1cccc(CC)c1NC(=O)CN[C@H](C)c1ccc(Cl)cc1. The van der Waals surface area contributed by atoms with E-state index in [4.69, 9.17) is 11.6 Å². The summed E-state index contributed by atoms with van der Waals surface area (Å²) in [7, 11) is 0.